The predicted octanol–water partition coefficient (Wildman–Crippen LogP) is 10.1. The fourth-order valence-electron chi connectivity index (χ4n) is 6.60. The van der Waals surface area contributed by atoms with E-state index in [1.807, 2.05) is 127 Å². The van der Waals surface area contributed by atoms with E-state index in [2.05, 4.69) is 0 Å². The van der Waals surface area contributed by atoms with Gasteiger partial charge in [-0.1, -0.05) is 115 Å². The summed E-state index contributed by atoms with van der Waals surface area (Å²) in [5.74, 6) is 0.122. The van der Waals surface area contributed by atoms with Crippen LogP contribution in [0, 0.1) is 0 Å². The normalized spacial score (nSPS) is 11.5. The molecule has 210 valence electrons. The Balaban J connectivity index is 1.61. The Morgan fingerprint density at radius 1 is 0.250 bits per heavy atom. The molecule has 0 radical (unpaired) electrons. The van der Waals surface area contributed by atoms with Crippen molar-refractivity contribution < 1.29 is 20.4 Å². The Morgan fingerprint density at radius 3 is 1.05 bits per heavy atom. The summed E-state index contributed by atoms with van der Waals surface area (Å²) in [5, 5.41) is 53.4. The number of hydrogen-bond donors (Lipinski definition) is 4. The summed E-state index contributed by atoms with van der Waals surface area (Å²) < 4.78 is 0. The highest BCUT2D eigenvalue weighted by Gasteiger charge is 2.28. The van der Waals surface area contributed by atoms with Gasteiger partial charge in [0.2, 0.25) is 0 Å². The molecular formula is C40H26O4. The molecule has 0 aliphatic rings. The number of benzene rings is 8. The van der Waals surface area contributed by atoms with Crippen LogP contribution in [0.1, 0.15) is 0 Å². The molecule has 0 unspecified atom stereocenters. The number of aromatic hydroxyl groups is 4. The van der Waals surface area contributed by atoms with E-state index in [-0.39, 0.29) is 23.0 Å². The van der Waals surface area contributed by atoms with Crippen molar-refractivity contribution in [1.29, 1.82) is 0 Å². The zero-order valence-corrected chi connectivity index (χ0v) is 23.5. The van der Waals surface area contributed by atoms with E-state index < -0.39 is 0 Å². The molecule has 0 aliphatic carbocycles. The molecule has 4 heteroatoms. The molecule has 0 atom stereocenters. The molecule has 0 saturated carbocycles. The monoisotopic (exact) mass is 570 g/mol. The fraction of sp³-hybridized carbons (Fsp3) is 0. The number of hydrogen-bond acceptors (Lipinski definition) is 4. The standard InChI is InChI=1S/C40H26O4/c41-37-26-12-4-1-9-23(26)17-20-31(37)34-29-15-7-8-16-30(29)40(44)36(33-22-19-25-11-3-6-14-28(25)39(33)43)35(34)32-21-18-24-10-2-5-13-27(24)38(32)42/h1-22,41-44H. The second kappa shape index (κ2) is 9.79. The molecule has 0 aliphatic heterocycles. The summed E-state index contributed by atoms with van der Waals surface area (Å²) in [6, 6.07) is 41.6. The van der Waals surface area contributed by atoms with Crippen LogP contribution in [0.3, 0.4) is 0 Å². The maximum atomic E-state index is 12.1. The zero-order valence-electron chi connectivity index (χ0n) is 23.5. The van der Waals surface area contributed by atoms with E-state index in [0.29, 0.717) is 60.3 Å². The van der Waals surface area contributed by atoms with Crippen LogP contribution in [0.5, 0.6) is 23.0 Å². The van der Waals surface area contributed by atoms with Crippen molar-refractivity contribution in [3.63, 3.8) is 0 Å². The molecule has 4 nitrogen and oxygen atoms in total. The predicted molar refractivity (Wildman–Crippen MR) is 179 cm³/mol. The summed E-state index contributed by atoms with van der Waals surface area (Å²) >= 11 is 0. The van der Waals surface area contributed by atoms with Crippen molar-refractivity contribution in [3.05, 3.63) is 133 Å². The second-order valence-electron chi connectivity index (χ2n) is 11.1. The first-order chi connectivity index (χ1) is 21.5. The molecule has 8 rings (SSSR count). The minimum Gasteiger partial charge on any atom is -0.507 e. The molecule has 0 bridgehead atoms. The van der Waals surface area contributed by atoms with Gasteiger partial charge in [0.05, 0.1) is 0 Å². The van der Waals surface area contributed by atoms with Gasteiger partial charge in [0, 0.05) is 54.9 Å². The van der Waals surface area contributed by atoms with Crippen LogP contribution >= 0.6 is 0 Å². The summed E-state index contributed by atoms with van der Waals surface area (Å²) in [5.41, 5.74) is 2.92. The third-order valence-corrected chi connectivity index (χ3v) is 8.70. The molecule has 4 N–H and O–H groups in total. The number of rotatable bonds is 3. The SMILES string of the molecule is Oc1c(-c2c(-c3ccc4ccccc4c3O)c(-c3ccc4ccccc4c3O)c3ccccc3c2O)ccc2ccccc12. The van der Waals surface area contributed by atoms with Crippen molar-refractivity contribution >= 4 is 43.1 Å². The van der Waals surface area contributed by atoms with Crippen LogP contribution in [-0.4, -0.2) is 20.4 Å². The zero-order chi connectivity index (χ0) is 29.9. The van der Waals surface area contributed by atoms with Crippen molar-refractivity contribution in [2.24, 2.45) is 0 Å². The van der Waals surface area contributed by atoms with Crippen LogP contribution in [0.4, 0.5) is 0 Å². The van der Waals surface area contributed by atoms with Crippen molar-refractivity contribution in [1.82, 2.24) is 0 Å². The largest absolute Gasteiger partial charge is 0.507 e. The average Bonchev–Trinajstić information content (AvgIpc) is 3.07. The summed E-state index contributed by atoms with van der Waals surface area (Å²) in [6.45, 7) is 0. The van der Waals surface area contributed by atoms with Crippen LogP contribution in [0.15, 0.2) is 133 Å². The first kappa shape index (κ1) is 25.7. The Bertz CT molecular complexity index is 2440. The topological polar surface area (TPSA) is 80.9 Å². The van der Waals surface area contributed by atoms with E-state index in [1.54, 1.807) is 6.07 Å². The molecule has 8 aromatic carbocycles. The van der Waals surface area contributed by atoms with Gasteiger partial charge in [0.25, 0.3) is 0 Å². The van der Waals surface area contributed by atoms with Gasteiger partial charge in [-0.05, 0) is 39.7 Å². The van der Waals surface area contributed by atoms with Crippen LogP contribution in [0.2, 0.25) is 0 Å². The lowest BCUT2D eigenvalue weighted by Gasteiger charge is -2.23. The van der Waals surface area contributed by atoms with E-state index in [1.165, 1.54) is 0 Å². The molecule has 0 spiro atoms. The van der Waals surface area contributed by atoms with Crippen molar-refractivity contribution in [3.8, 4) is 56.4 Å². The third kappa shape index (κ3) is 3.71. The van der Waals surface area contributed by atoms with E-state index in [9.17, 15) is 20.4 Å². The van der Waals surface area contributed by atoms with Gasteiger partial charge in [-0.15, -0.1) is 0 Å². The maximum Gasteiger partial charge on any atom is 0.132 e. The van der Waals surface area contributed by atoms with Crippen LogP contribution < -0.4 is 0 Å². The molecule has 0 aromatic heterocycles. The first-order valence-electron chi connectivity index (χ1n) is 14.4. The Labute approximate surface area is 253 Å². The molecule has 0 saturated heterocycles. The van der Waals surface area contributed by atoms with Crippen molar-refractivity contribution in [2.75, 3.05) is 0 Å². The highest BCUT2D eigenvalue weighted by molar-refractivity contribution is 6.18. The maximum absolute atomic E-state index is 12.1. The van der Waals surface area contributed by atoms with E-state index in [0.717, 1.165) is 16.2 Å². The third-order valence-electron chi connectivity index (χ3n) is 8.70. The Kier molecular flexibility index (Phi) is 5.71. The Morgan fingerprint density at radius 2 is 0.591 bits per heavy atom. The highest BCUT2D eigenvalue weighted by Crippen LogP contribution is 2.56. The lowest BCUT2D eigenvalue weighted by molar-refractivity contribution is 0.475. The number of phenolic OH excluding ortho intramolecular Hbond substituents is 4. The summed E-state index contributed by atoms with van der Waals surface area (Å²) in [4.78, 5) is 0. The second-order valence-corrected chi connectivity index (χ2v) is 11.1. The number of phenols is 4. The van der Waals surface area contributed by atoms with Crippen LogP contribution in [-0.2, 0) is 0 Å². The van der Waals surface area contributed by atoms with E-state index >= 15 is 0 Å². The van der Waals surface area contributed by atoms with Gasteiger partial charge in [-0.3, -0.25) is 0 Å². The van der Waals surface area contributed by atoms with Gasteiger partial charge in [0.1, 0.15) is 23.0 Å². The average molecular weight is 571 g/mol. The molecule has 0 heterocycles. The summed E-state index contributed by atoms with van der Waals surface area (Å²) in [7, 11) is 0. The summed E-state index contributed by atoms with van der Waals surface area (Å²) in [6.07, 6.45) is 0. The molecule has 0 fully saturated rings. The van der Waals surface area contributed by atoms with E-state index in [4.69, 9.17) is 0 Å². The highest BCUT2D eigenvalue weighted by atomic mass is 16.3. The quantitative estimate of drug-likeness (QED) is 0.170. The number of fused-ring (bicyclic) bond motifs is 4. The van der Waals surface area contributed by atoms with Gasteiger partial charge in [-0.25, -0.2) is 0 Å². The molecular weight excluding hydrogens is 544 g/mol. The lowest BCUT2D eigenvalue weighted by Crippen LogP contribution is -1.96. The fourth-order valence-corrected chi connectivity index (χ4v) is 6.60. The Hall–Kier alpha value is -6.00. The smallest absolute Gasteiger partial charge is 0.132 e. The first-order valence-corrected chi connectivity index (χ1v) is 14.4. The lowest BCUT2D eigenvalue weighted by atomic mass is 9.81. The molecule has 8 aromatic rings. The van der Waals surface area contributed by atoms with Gasteiger partial charge >= 0.3 is 0 Å². The molecule has 0 amide bonds. The van der Waals surface area contributed by atoms with Gasteiger partial charge in [0.15, 0.2) is 0 Å². The minimum atomic E-state index is -0.0298. The molecule has 44 heavy (non-hydrogen) atoms. The van der Waals surface area contributed by atoms with Gasteiger partial charge in [-0.2, -0.15) is 0 Å². The van der Waals surface area contributed by atoms with Crippen molar-refractivity contribution in [2.45, 2.75) is 0 Å². The van der Waals surface area contributed by atoms with Gasteiger partial charge < -0.3 is 20.4 Å². The van der Waals surface area contributed by atoms with Crippen LogP contribution in [0.25, 0.3) is 76.5 Å². The minimum absolute atomic E-state index is 0.0175.